The summed E-state index contributed by atoms with van der Waals surface area (Å²) in [5.41, 5.74) is 10.1. The number of sulfonamides is 1. The van der Waals surface area contributed by atoms with Gasteiger partial charge in [0.2, 0.25) is 15.7 Å². The summed E-state index contributed by atoms with van der Waals surface area (Å²) < 4.78 is 67.3. The maximum atomic E-state index is 12.7. The van der Waals surface area contributed by atoms with Gasteiger partial charge in [-0.1, -0.05) is 42.5 Å². The quantitative estimate of drug-likeness (QED) is 0.354. The summed E-state index contributed by atoms with van der Waals surface area (Å²) in [4.78, 5) is 9.14. The number of alkyl halides is 3. The average Bonchev–Trinajstić information content (AvgIpc) is 3.19. The summed E-state index contributed by atoms with van der Waals surface area (Å²) >= 11 is 0. The number of benzene rings is 2. The van der Waals surface area contributed by atoms with Crippen LogP contribution in [0.15, 0.2) is 59.6 Å². The Morgan fingerprint density at radius 1 is 1.22 bits per heavy atom. The molecule has 1 aromatic heterocycles. The lowest BCUT2D eigenvalue weighted by atomic mass is 9.84. The fourth-order valence-electron chi connectivity index (χ4n) is 3.84. The molecule has 3 aromatic rings. The molecule has 4 rings (SSSR count). The van der Waals surface area contributed by atoms with E-state index in [9.17, 15) is 21.6 Å². The first-order chi connectivity index (χ1) is 17.3. The molecule has 1 aliphatic rings. The number of H-pyrrole nitrogens is 1. The molecule has 9 nitrogen and oxygen atoms in total. The van der Waals surface area contributed by atoms with E-state index >= 15 is 0 Å². The number of carboxylic acids is 1. The lowest BCUT2D eigenvalue weighted by molar-refractivity contribution is -0.733. The number of aryl methyl sites for hydroxylation is 1. The third-order valence-electron chi connectivity index (χ3n) is 5.97. The van der Waals surface area contributed by atoms with E-state index in [1.807, 2.05) is 36.4 Å². The zero-order valence-corrected chi connectivity index (χ0v) is 20.9. The number of nitrogens with one attached hydrogen (secondary N) is 2. The third-order valence-corrected chi connectivity index (χ3v) is 7.48. The first-order valence-corrected chi connectivity index (χ1v) is 12.7. The van der Waals surface area contributed by atoms with Crippen LogP contribution in [0.3, 0.4) is 0 Å². The lowest BCUT2D eigenvalue weighted by Gasteiger charge is -2.32. The number of rotatable bonds is 6. The maximum Gasteiger partial charge on any atom is 0.490 e. The predicted octanol–water partition coefficient (Wildman–Crippen LogP) is 2.31. The Kier molecular flexibility index (Phi) is 8.61. The van der Waals surface area contributed by atoms with Crippen LogP contribution in [-0.4, -0.2) is 43.4 Å². The van der Waals surface area contributed by atoms with Crippen molar-refractivity contribution in [3.8, 4) is 5.75 Å². The normalized spacial score (nSPS) is 17.2. The first-order valence-electron chi connectivity index (χ1n) is 11.2. The molecule has 2 unspecified atom stereocenters. The fourth-order valence-corrected chi connectivity index (χ4v) is 5.09. The fraction of sp³-hybridized carbons (Fsp3) is 0.333. The van der Waals surface area contributed by atoms with Crippen LogP contribution in [-0.2, 0) is 34.8 Å². The summed E-state index contributed by atoms with van der Waals surface area (Å²) in [7, 11) is -1.85. The van der Waals surface area contributed by atoms with Gasteiger partial charge in [0.05, 0.1) is 6.20 Å². The van der Waals surface area contributed by atoms with Crippen LogP contribution in [0.25, 0.3) is 0 Å². The van der Waals surface area contributed by atoms with Gasteiger partial charge in [-0.15, -0.1) is 4.68 Å². The van der Waals surface area contributed by atoms with Gasteiger partial charge < -0.3 is 15.6 Å². The molecule has 13 heteroatoms. The van der Waals surface area contributed by atoms with Crippen molar-refractivity contribution in [2.75, 3.05) is 6.61 Å². The van der Waals surface area contributed by atoms with Gasteiger partial charge in [0.25, 0.3) is 0 Å². The summed E-state index contributed by atoms with van der Waals surface area (Å²) in [6, 6.07) is 15.9. The van der Waals surface area contributed by atoms with E-state index in [1.54, 1.807) is 18.7 Å². The molecule has 200 valence electrons. The first kappa shape index (κ1) is 28.2. The van der Waals surface area contributed by atoms with E-state index in [0.29, 0.717) is 12.3 Å². The van der Waals surface area contributed by atoms with Crippen molar-refractivity contribution in [3.05, 3.63) is 77.1 Å². The molecule has 1 aliphatic heterocycles. The number of carbonyl (C=O) groups is 1. The van der Waals surface area contributed by atoms with Crippen molar-refractivity contribution in [1.82, 2.24) is 9.82 Å². The zero-order chi connectivity index (χ0) is 27.4. The number of hydrogen-bond acceptors (Lipinski definition) is 5. The molecule has 0 radical (unpaired) electrons. The topological polar surface area (TPSA) is 138 Å². The third kappa shape index (κ3) is 7.08. The van der Waals surface area contributed by atoms with Crippen LogP contribution < -0.4 is 19.9 Å². The smallest absolute Gasteiger partial charge is 0.490 e. The Labute approximate surface area is 212 Å². The van der Waals surface area contributed by atoms with E-state index in [-0.39, 0.29) is 23.4 Å². The van der Waals surface area contributed by atoms with Gasteiger partial charge in [-0.3, -0.25) is 0 Å². The van der Waals surface area contributed by atoms with Gasteiger partial charge in [0, 0.05) is 25.4 Å². The van der Waals surface area contributed by atoms with E-state index in [2.05, 4.69) is 22.0 Å². The minimum absolute atomic E-state index is 0.110. The van der Waals surface area contributed by atoms with Crippen LogP contribution in [0, 0.1) is 6.92 Å². The number of aromatic nitrogens is 2. The number of carboxylic acid groups (broad SMARTS) is 1. The number of nitrogens with two attached hydrogens (primary N) is 1. The minimum Gasteiger partial charge on any atom is -0.492 e. The molecule has 0 fully saturated rings. The highest BCUT2D eigenvalue weighted by molar-refractivity contribution is 7.89. The van der Waals surface area contributed by atoms with Crippen molar-refractivity contribution >= 4 is 16.0 Å². The van der Waals surface area contributed by atoms with Crippen molar-refractivity contribution in [1.29, 1.82) is 0 Å². The maximum absolute atomic E-state index is 12.7. The highest BCUT2D eigenvalue weighted by atomic mass is 32.2. The van der Waals surface area contributed by atoms with Crippen LogP contribution >= 0.6 is 0 Å². The van der Waals surface area contributed by atoms with Crippen LogP contribution in [0.1, 0.15) is 28.3 Å². The molecular weight excluding hydrogens is 513 g/mol. The standard InChI is InChI=1S/C22H26N4O3S.C2HF3O2/c1-15-22(13-24-26(15)2)30(27,28)25-12-17-8-9-21-19(11-17)18(20(23)14-29-21)10-16-6-4-3-5-7-16;3-2(4,5)1(6)7/h3-9,11,13,18,20,25H,10,12,14,23H2,1-2H3;(H,6,7)/p+1. The second-order valence-corrected chi connectivity index (χ2v) is 10.3. The Hall–Kier alpha value is -3.42. The predicted molar refractivity (Wildman–Crippen MR) is 127 cm³/mol. The van der Waals surface area contributed by atoms with Crippen molar-refractivity contribution in [2.24, 2.45) is 12.8 Å². The van der Waals surface area contributed by atoms with Gasteiger partial charge in [-0.05, 0) is 29.2 Å². The van der Waals surface area contributed by atoms with Gasteiger partial charge in [-0.25, -0.2) is 17.9 Å². The summed E-state index contributed by atoms with van der Waals surface area (Å²) in [5, 5.41) is 10.0. The molecule has 0 bridgehead atoms. The van der Waals surface area contributed by atoms with Gasteiger partial charge >= 0.3 is 12.1 Å². The molecule has 5 N–H and O–H groups in total. The number of ether oxygens (including phenoxy) is 1. The second kappa shape index (κ2) is 11.3. The SMILES string of the molecule is Cc1c(S(=O)(=O)NCc2ccc3c(c2)C(Cc2ccccc2)C(N)CO3)c[nH][n+]1C.O=C(O)C(F)(F)F. The average molecular weight is 542 g/mol. The Bertz CT molecular complexity index is 1340. The summed E-state index contributed by atoms with van der Waals surface area (Å²) in [6.45, 7) is 2.42. The number of halogens is 3. The lowest BCUT2D eigenvalue weighted by Crippen LogP contribution is -2.39. The second-order valence-electron chi connectivity index (χ2n) is 8.55. The van der Waals surface area contributed by atoms with E-state index < -0.39 is 22.2 Å². The number of aromatic amines is 1. The van der Waals surface area contributed by atoms with Crippen molar-refractivity contribution < 1.29 is 40.9 Å². The van der Waals surface area contributed by atoms with Crippen LogP contribution in [0.4, 0.5) is 13.2 Å². The molecule has 0 spiro atoms. The molecule has 2 aromatic carbocycles. The number of hydrogen-bond donors (Lipinski definition) is 4. The molecule has 2 heterocycles. The molecule has 0 amide bonds. The molecule has 0 aliphatic carbocycles. The van der Waals surface area contributed by atoms with Crippen molar-refractivity contribution in [2.45, 2.75) is 42.9 Å². The Balaban J connectivity index is 0.000000479. The van der Waals surface area contributed by atoms with Gasteiger partial charge in [0.1, 0.15) is 12.4 Å². The Morgan fingerprint density at radius 2 is 1.86 bits per heavy atom. The number of fused-ring (bicyclic) bond motifs is 1. The highest BCUT2D eigenvalue weighted by Gasteiger charge is 2.38. The largest absolute Gasteiger partial charge is 0.492 e. The van der Waals surface area contributed by atoms with Crippen LogP contribution in [0.5, 0.6) is 5.75 Å². The number of aliphatic carboxylic acids is 1. The van der Waals surface area contributed by atoms with Gasteiger partial charge in [-0.2, -0.15) is 18.3 Å². The monoisotopic (exact) mass is 541 g/mol. The van der Waals surface area contributed by atoms with E-state index in [4.69, 9.17) is 20.4 Å². The molecule has 2 atom stereocenters. The Morgan fingerprint density at radius 3 is 2.43 bits per heavy atom. The summed E-state index contributed by atoms with van der Waals surface area (Å²) in [6.07, 6.45) is -2.78. The van der Waals surface area contributed by atoms with E-state index in [0.717, 1.165) is 23.3 Å². The number of nitrogens with zero attached hydrogens (tertiary/aromatic N) is 1. The van der Waals surface area contributed by atoms with Gasteiger partial charge in [0.15, 0.2) is 11.9 Å². The molecule has 0 saturated heterocycles. The highest BCUT2D eigenvalue weighted by Crippen LogP contribution is 2.36. The van der Waals surface area contributed by atoms with Crippen LogP contribution in [0.2, 0.25) is 0 Å². The minimum atomic E-state index is -5.08. The van der Waals surface area contributed by atoms with E-state index in [1.165, 1.54) is 11.8 Å². The molecular formula is C24H28F3N4O5S+. The molecule has 0 saturated carbocycles. The zero-order valence-electron chi connectivity index (χ0n) is 20.1. The summed E-state index contributed by atoms with van der Waals surface area (Å²) in [5.74, 6) is -1.83. The van der Waals surface area contributed by atoms with Crippen molar-refractivity contribution in [3.63, 3.8) is 0 Å². The molecule has 37 heavy (non-hydrogen) atoms.